The van der Waals surface area contributed by atoms with E-state index in [4.69, 9.17) is 9.15 Å². The summed E-state index contributed by atoms with van der Waals surface area (Å²) in [5, 5.41) is 2.98. The molecule has 1 aliphatic heterocycles. The van der Waals surface area contributed by atoms with E-state index in [2.05, 4.69) is 16.9 Å². The van der Waals surface area contributed by atoms with Gasteiger partial charge in [-0.25, -0.2) is 4.98 Å². The third-order valence-electron chi connectivity index (χ3n) is 3.98. The van der Waals surface area contributed by atoms with Crippen molar-refractivity contribution in [1.29, 1.82) is 0 Å². The topological polar surface area (TPSA) is 64.4 Å². The molecular weight excluding hydrogens is 280 g/mol. The summed E-state index contributed by atoms with van der Waals surface area (Å²) in [4.78, 5) is 16.5. The summed E-state index contributed by atoms with van der Waals surface area (Å²) in [7, 11) is 0. The Kier molecular flexibility index (Phi) is 3.98. The third kappa shape index (κ3) is 2.90. The van der Waals surface area contributed by atoms with E-state index in [1.807, 2.05) is 6.92 Å². The van der Waals surface area contributed by atoms with E-state index in [-0.39, 0.29) is 17.9 Å². The minimum Gasteiger partial charge on any atom is -0.441 e. The van der Waals surface area contributed by atoms with Crippen molar-refractivity contribution in [1.82, 2.24) is 10.3 Å². The molecule has 1 aromatic heterocycles. The molecule has 1 aromatic carbocycles. The van der Waals surface area contributed by atoms with Crippen LogP contribution in [-0.2, 0) is 4.74 Å². The Hall–Kier alpha value is -2.14. The highest BCUT2D eigenvalue weighted by Gasteiger charge is 2.29. The number of carbonyl (C=O) groups excluding carboxylic acids is 1. The van der Waals surface area contributed by atoms with E-state index in [9.17, 15) is 4.79 Å². The van der Waals surface area contributed by atoms with Crippen LogP contribution >= 0.6 is 0 Å². The van der Waals surface area contributed by atoms with Crippen molar-refractivity contribution in [3.8, 4) is 0 Å². The van der Waals surface area contributed by atoms with Crippen LogP contribution in [0.4, 0.5) is 0 Å². The van der Waals surface area contributed by atoms with Crippen molar-refractivity contribution in [3.63, 3.8) is 0 Å². The Morgan fingerprint density at radius 2 is 2.32 bits per heavy atom. The normalized spacial score (nSPS) is 21.2. The lowest BCUT2D eigenvalue weighted by molar-refractivity contribution is 0.0926. The second kappa shape index (κ2) is 5.93. The lowest BCUT2D eigenvalue weighted by atomic mass is 9.97. The van der Waals surface area contributed by atoms with Gasteiger partial charge in [0.1, 0.15) is 5.52 Å². The first kappa shape index (κ1) is 14.8. The minimum atomic E-state index is -0.108. The smallest absolute Gasteiger partial charge is 0.251 e. The summed E-state index contributed by atoms with van der Waals surface area (Å²) in [6.07, 6.45) is 0.984. The lowest BCUT2D eigenvalue weighted by Gasteiger charge is -2.19. The molecule has 0 aliphatic carbocycles. The van der Waals surface area contributed by atoms with Crippen molar-refractivity contribution >= 4 is 17.0 Å². The number of nitrogens with zero attached hydrogens (tertiary/aromatic N) is 1. The summed E-state index contributed by atoms with van der Waals surface area (Å²) in [6, 6.07) is 5.29. The van der Waals surface area contributed by atoms with Crippen LogP contribution in [0.5, 0.6) is 0 Å². The first-order valence-corrected chi connectivity index (χ1v) is 7.47. The van der Waals surface area contributed by atoms with Gasteiger partial charge in [-0.05, 0) is 31.5 Å². The Balaban J connectivity index is 1.66. The Labute approximate surface area is 129 Å². The lowest BCUT2D eigenvalue weighted by Crippen LogP contribution is -2.33. The number of oxazole rings is 1. The summed E-state index contributed by atoms with van der Waals surface area (Å²) in [5.74, 6) is 0.779. The number of aryl methyl sites for hydroxylation is 1. The second-order valence-electron chi connectivity index (χ2n) is 5.81. The van der Waals surface area contributed by atoms with Gasteiger partial charge in [0, 0.05) is 31.6 Å². The molecule has 0 radical (unpaired) electrons. The zero-order valence-corrected chi connectivity index (χ0v) is 12.9. The van der Waals surface area contributed by atoms with E-state index >= 15 is 0 Å². The van der Waals surface area contributed by atoms with Crippen molar-refractivity contribution in [2.24, 2.45) is 5.92 Å². The van der Waals surface area contributed by atoms with Crippen LogP contribution in [0.15, 0.2) is 34.8 Å². The van der Waals surface area contributed by atoms with Crippen LogP contribution in [0.1, 0.15) is 29.6 Å². The zero-order valence-electron chi connectivity index (χ0n) is 12.9. The second-order valence-corrected chi connectivity index (χ2v) is 5.81. The molecule has 0 saturated carbocycles. The van der Waals surface area contributed by atoms with E-state index < -0.39 is 0 Å². The molecule has 1 fully saturated rings. The van der Waals surface area contributed by atoms with E-state index in [0.717, 1.165) is 24.1 Å². The summed E-state index contributed by atoms with van der Waals surface area (Å²) in [5.41, 5.74) is 2.99. The molecule has 2 heterocycles. The number of nitrogens with one attached hydrogen (secondary N) is 1. The molecule has 3 rings (SSSR count). The van der Waals surface area contributed by atoms with Gasteiger partial charge in [0.05, 0.1) is 6.10 Å². The summed E-state index contributed by atoms with van der Waals surface area (Å²) in [6.45, 7) is 9.02. The van der Waals surface area contributed by atoms with Gasteiger partial charge in [0.25, 0.3) is 5.91 Å². The van der Waals surface area contributed by atoms with Crippen LogP contribution in [0.2, 0.25) is 0 Å². The molecule has 1 saturated heterocycles. The molecule has 1 N–H and O–H groups in total. The first-order chi connectivity index (χ1) is 10.5. The SMILES string of the molecule is C=C(C)C1OCCC1CNC(=O)c1ccc2nc(C)oc2c1. The largest absolute Gasteiger partial charge is 0.441 e. The van der Waals surface area contributed by atoms with Gasteiger partial charge in [-0.1, -0.05) is 12.2 Å². The standard InChI is InChI=1S/C17H20N2O3/c1-10(2)16-13(6-7-21-16)9-18-17(20)12-4-5-14-15(8-12)22-11(3)19-14/h4-5,8,13,16H,1,6-7,9H2,2-3H3,(H,18,20). The highest BCUT2D eigenvalue weighted by molar-refractivity contribution is 5.97. The average Bonchev–Trinajstić information content (AvgIpc) is 3.08. The highest BCUT2D eigenvalue weighted by Crippen LogP contribution is 2.25. The van der Waals surface area contributed by atoms with E-state index in [0.29, 0.717) is 23.6 Å². The Morgan fingerprint density at radius 3 is 3.09 bits per heavy atom. The Morgan fingerprint density at radius 1 is 1.50 bits per heavy atom. The number of aromatic nitrogens is 1. The summed E-state index contributed by atoms with van der Waals surface area (Å²) < 4.78 is 11.1. The molecule has 2 unspecified atom stereocenters. The van der Waals surface area contributed by atoms with Crippen molar-refractivity contribution < 1.29 is 13.9 Å². The van der Waals surface area contributed by atoms with Gasteiger partial charge < -0.3 is 14.5 Å². The van der Waals surface area contributed by atoms with Crippen molar-refractivity contribution in [2.45, 2.75) is 26.4 Å². The number of carbonyl (C=O) groups is 1. The fourth-order valence-electron chi connectivity index (χ4n) is 2.89. The highest BCUT2D eigenvalue weighted by atomic mass is 16.5. The van der Waals surface area contributed by atoms with Gasteiger partial charge >= 0.3 is 0 Å². The van der Waals surface area contributed by atoms with Crippen LogP contribution in [-0.4, -0.2) is 30.1 Å². The maximum atomic E-state index is 12.3. The molecule has 5 nitrogen and oxygen atoms in total. The number of rotatable bonds is 4. The van der Waals surface area contributed by atoms with E-state index in [1.54, 1.807) is 25.1 Å². The van der Waals surface area contributed by atoms with Crippen molar-refractivity contribution in [3.05, 3.63) is 41.8 Å². The predicted octanol–water partition coefficient (Wildman–Crippen LogP) is 2.85. The number of fused-ring (bicyclic) bond motifs is 1. The minimum absolute atomic E-state index is 0.0414. The van der Waals surface area contributed by atoms with Gasteiger partial charge in [0.2, 0.25) is 0 Å². The molecule has 5 heteroatoms. The number of ether oxygens (including phenoxy) is 1. The number of benzene rings is 1. The van der Waals surface area contributed by atoms with Crippen molar-refractivity contribution in [2.75, 3.05) is 13.2 Å². The maximum absolute atomic E-state index is 12.3. The molecule has 0 spiro atoms. The van der Waals surface area contributed by atoms with E-state index in [1.165, 1.54) is 0 Å². The van der Waals surface area contributed by atoms with Gasteiger partial charge in [0.15, 0.2) is 11.5 Å². The number of hydrogen-bond donors (Lipinski definition) is 1. The van der Waals surface area contributed by atoms with Crippen LogP contribution in [0, 0.1) is 12.8 Å². The molecular formula is C17H20N2O3. The molecule has 1 aliphatic rings. The molecule has 22 heavy (non-hydrogen) atoms. The maximum Gasteiger partial charge on any atom is 0.251 e. The first-order valence-electron chi connectivity index (χ1n) is 7.47. The monoisotopic (exact) mass is 300 g/mol. The molecule has 116 valence electrons. The Bertz CT molecular complexity index is 720. The predicted molar refractivity (Wildman–Crippen MR) is 83.7 cm³/mol. The number of hydrogen-bond acceptors (Lipinski definition) is 4. The van der Waals surface area contributed by atoms with Gasteiger partial charge in [-0.2, -0.15) is 0 Å². The van der Waals surface area contributed by atoms with Crippen LogP contribution in [0.3, 0.4) is 0 Å². The molecule has 0 bridgehead atoms. The van der Waals surface area contributed by atoms with Gasteiger partial charge in [-0.3, -0.25) is 4.79 Å². The molecule has 2 atom stereocenters. The van der Waals surface area contributed by atoms with Crippen LogP contribution < -0.4 is 5.32 Å². The van der Waals surface area contributed by atoms with Crippen LogP contribution in [0.25, 0.3) is 11.1 Å². The zero-order chi connectivity index (χ0) is 15.7. The molecule has 1 amide bonds. The molecule has 2 aromatic rings. The summed E-state index contributed by atoms with van der Waals surface area (Å²) >= 11 is 0. The number of amides is 1. The average molecular weight is 300 g/mol. The third-order valence-corrected chi connectivity index (χ3v) is 3.98. The fourth-order valence-corrected chi connectivity index (χ4v) is 2.89. The fraction of sp³-hybridized carbons (Fsp3) is 0.412. The van der Waals surface area contributed by atoms with Gasteiger partial charge in [-0.15, -0.1) is 0 Å². The quantitative estimate of drug-likeness (QED) is 0.882.